The van der Waals surface area contributed by atoms with Crippen LogP contribution in [0.4, 0.5) is 5.82 Å². The smallest absolute Gasteiger partial charge is 0.224 e. The zero-order valence-corrected chi connectivity index (χ0v) is 11.9. The molecule has 0 aliphatic carbocycles. The van der Waals surface area contributed by atoms with Gasteiger partial charge in [-0.15, -0.1) is 0 Å². The van der Waals surface area contributed by atoms with Crippen LogP contribution in [0.2, 0.25) is 0 Å². The molecule has 0 atom stereocenters. The molecule has 0 saturated heterocycles. The molecule has 1 heterocycles. The van der Waals surface area contributed by atoms with Gasteiger partial charge < -0.3 is 10.1 Å². The second-order valence-electron chi connectivity index (χ2n) is 3.73. The molecule has 0 fully saturated rings. The number of aromatic nitrogens is 2. The van der Waals surface area contributed by atoms with Crippen molar-refractivity contribution in [3.8, 4) is 11.6 Å². The summed E-state index contributed by atoms with van der Waals surface area (Å²) in [4.78, 5) is 8.52. The van der Waals surface area contributed by atoms with Crippen molar-refractivity contribution in [2.24, 2.45) is 0 Å². The first-order chi connectivity index (χ1) is 8.67. The Balaban J connectivity index is 2.23. The lowest BCUT2D eigenvalue weighted by atomic mass is 10.3. The molecule has 1 N–H and O–H groups in total. The Morgan fingerprint density at radius 2 is 2.11 bits per heavy atom. The summed E-state index contributed by atoms with van der Waals surface area (Å²) in [7, 11) is 0. The molecule has 0 aliphatic heterocycles. The molecule has 94 valence electrons. The minimum atomic E-state index is 0.538. The minimum Gasteiger partial charge on any atom is -0.439 e. The predicted octanol–water partition coefficient (Wildman–Crippen LogP) is 3.77. The fourth-order valence-electron chi connectivity index (χ4n) is 1.52. The van der Waals surface area contributed by atoms with Crippen LogP contribution in [0.25, 0.3) is 0 Å². The van der Waals surface area contributed by atoms with Gasteiger partial charge in [0.2, 0.25) is 5.88 Å². The van der Waals surface area contributed by atoms with E-state index in [1.807, 2.05) is 38.1 Å². The van der Waals surface area contributed by atoms with Gasteiger partial charge in [-0.25, -0.2) is 4.98 Å². The first-order valence-corrected chi connectivity index (χ1v) is 6.49. The van der Waals surface area contributed by atoms with Gasteiger partial charge in [-0.1, -0.05) is 22.0 Å². The van der Waals surface area contributed by atoms with Gasteiger partial charge in [0, 0.05) is 17.1 Å². The number of hydrogen-bond acceptors (Lipinski definition) is 4. The molecule has 18 heavy (non-hydrogen) atoms. The monoisotopic (exact) mass is 307 g/mol. The van der Waals surface area contributed by atoms with Gasteiger partial charge in [-0.05, 0) is 32.0 Å². The van der Waals surface area contributed by atoms with E-state index in [4.69, 9.17) is 4.74 Å². The summed E-state index contributed by atoms with van der Waals surface area (Å²) in [6.45, 7) is 4.67. The van der Waals surface area contributed by atoms with Gasteiger partial charge in [-0.2, -0.15) is 4.98 Å². The van der Waals surface area contributed by atoms with Crippen molar-refractivity contribution in [1.29, 1.82) is 0 Å². The number of ether oxygens (including phenoxy) is 1. The maximum absolute atomic E-state index is 5.71. The van der Waals surface area contributed by atoms with Crippen LogP contribution in [0.1, 0.15) is 12.7 Å². The molecule has 0 aliphatic rings. The Morgan fingerprint density at radius 3 is 2.83 bits per heavy atom. The zero-order chi connectivity index (χ0) is 13.0. The lowest BCUT2D eigenvalue weighted by Gasteiger charge is -2.08. The Morgan fingerprint density at radius 1 is 1.28 bits per heavy atom. The Kier molecular flexibility index (Phi) is 4.15. The number of nitrogens with one attached hydrogen (secondary N) is 1. The van der Waals surface area contributed by atoms with Crippen molar-refractivity contribution in [1.82, 2.24) is 9.97 Å². The number of benzene rings is 1. The first kappa shape index (κ1) is 12.8. The van der Waals surface area contributed by atoms with Gasteiger partial charge in [0.1, 0.15) is 17.4 Å². The summed E-state index contributed by atoms with van der Waals surface area (Å²) in [5, 5.41) is 3.15. The van der Waals surface area contributed by atoms with E-state index in [0.717, 1.165) is 22.6 Å². The van der Waals surface area contributed by atoms with Crippen LogP contribution in [0.15, 0.2) is 34.8 Å². The van der Waals surface area contributed by atoms with Crippen molar-refractivity contribution >= 4 is 21.7 Å². The highest BCUT2D eigenvalue weighted by Crippen LogP contribution is 2.24. The summed E-state index contributed by atoms with van der Waals surface area (Å²) >= 11 is 3.40. The summed E-state index contributed by atoms with van der Waals surface area (Å²) in [6, 6.07) is 9.43. The standard InChI is InChI=1S/C13H14BrN3O/c1-3-15-12-8-13(17-9(2)16-12)18-11-6-4-5-10(14)7-11/h4-8H,3H2,1-2H3,(H,15,16,17). The highest BCUT2D eigenvalue weighted by atomic mass is 79.9. The third-order valence-corrected chi connectivity index (χ3v) is 2.68. The molecule has 0 amide bonds. The molecular weight excluding hydrogens is 294 g/mol. The number of aryl methyl sites for hydroxylation is 1. The zero-order valence-electron chi connectivity index (χ0n) is 10.3. The van der Waals surface area contributed by atoms with Crippen molar-refractivity contribution in [3.63, 3.8) is 0 Å². The molecule has 0 radical (unpaired) electrons. The van der Waals surface area contributed by atoms with E-state index in [0.29, 0.717) is 11.7 Å². The van der Waals surface area contributed by atoms with Gasteiger partial charge in [0.05, 0.1) is 0 Å². The Labute approximate surface area is 115 Å². The number of nitrogens with zero attached hydrogens (tertiary/aromatic N) is 2. The predicted molar refractivity (Wildman–Crippen MR) is 75.1 cm³/mol. The van der Waals surface area contributed by atoms with Gasteiger partial charge >= 0.3 is 0 Å². The van der Waals surface area contributed by atoms with Crippen molar-refractivity contribution in [2.75, 3.05) is 11.9 Å². The van der Waals surface area contributed by atoms with Crippen LogP contribution in [-0.2, 0) is 0 Å². The average Bonchev–Trinajstić information content (AvgIpc) is 2.28. The molecule has 0 saturated carbocycles. The van der Waals surface area contributed by atoms with E-state index in [1.165, 1.54) is 0 Å². The number of halogens is 1. The number of hydrogen-bond donors (Lipinski definition) is 1. The molecule has 0 bridgehead atoms. The summed E-state index contributed by atoms with van der Waals surface area (Å²) in [5.41, 5.74) is 0. The summed E-state index contributed by atoms with van der Waals surface area (Å²) < 4.78 is 6.68. The lowest BCUT2D eigenvalue weighted by Crippen LogP contribution is -2.02. The topological polar surface area (TPSA) is 47.0 Å². The minimum absolute atomic E-state index is 0.538. The molecule has 0 spiro atoms. The Hall–Kier alpha value is -1.62. The fraction of sp³-hybridized carbons (Fsp3) is 0.231. The molecule has 0 unspecified atom stereocenters. The third-order valence-electron chi connectivity index (χ3n) is 2.19. The highest BCUT2D eigenvalue weighted by Gasteiger charge is 2.04. The van der Waals surface area contributed by atoms with Gasteiger partial charge in [0.15, 0.2) is 0 Å². The van der Waals surface area contributed by atoms with Crippen LogP contribution in [0.3, 0.4) is 0 Å². The largest absolute Gasteiger partial charge is 0.439 e. The van der Waals surface area contributed by atoms with Crippen molar-refractivity contribution < 1.29 is 4.74 Å². The second kappa shape index (κ2) is 5.82. The van der Waals surface area contributed by atoms with Crippen LogP contribution >= 0.6 is 15.9 Å². The van der Waals surface area contributed by atoms with Gasteiger partial charge in [0.25, 0.3) is 0 Å². The number of rotatable bonds is 4. The van der Waals surface area contributed by atoms with Crippen molar-refractivity contribution in [3.05, 3.63) is 40.6 Å². The molecule has 2 rings (SSSR count). The first-order valence-electron chi connectivity index (χ1n) is 5.70. The fourth-order valence-corrected chi connectivity index (χ4v) is 1.89. The third kappa shape index (κ3) is 3.43. The maximum atomic E-state index is 5.71. The quantitative estimate of drug-likeness (QED) is 0.934. The van der Waals surface area contributed by atoms with Crippen LogP contribution < -0.4 is 10.1 Å². The van der Waals surface area contributed by atoms with E-state index in [9.17, 15) is 0 Å². The molecular formula is C13H14BrN3O. The van der Waals surface area contributed by atoms with E-state index in [1.54, 1.807) is 6.07 Å². The summed E-state index contributed by atoms with van der Waals surface area (Å²) in [6.07, 6.45) is 0. The van der Waals surface area contributed by atoms with Crippen LogP contribution in [0.5, 0.6) is 11.6 Å². The van der Waals surface area contributed by atoms with Crippen LogP contribution in [0, 0.1) is 6.92 Å². The van der Waals surface area contributed by atoms with E-state index >= 15 is 0 Å². The molecule has 4 nitrogen and oxygen atoms in total. The van der Waals surface area contributed by atoms with Crippen molar-refractivity contribution in [2.45, 2.75) is 13.8 Å². The normalized spacial score (nSPS) is 10.2. The van der Waals surface area contributed by atoms with Crippen LogP contribution in [-0.4, -0.2) is 16.5 Å². The SMILES string of the molecule is CCNc1cc(Oc2cccc(Br)c2)nc(C)n1. The maximum Gasteiger partial charge on any atom is 0.224 e. The molecule has 1 aromatic carbocycles. The van der Waals surface area contributed by atoms with E-state index in [-0.39, 0.29) is 0 Å². The molecule has 1 aromatic heterocycles. The highest BCUT2D eigenvalue weighted by molar-refractivity contribution is 9.10. The van der Waals surface area contributed by atoms with E-state index in [2.05, 4.69) is 31.2 Å². The Bertz CT molecular complexity index is 546. The lowest BCUT2D eigenvalue weighted by molar-refractivity contribution is 0.460. The van der Waals surface area contributed by atoms with E-state index < -0.39 is 0 Å². The molecule has 2 aromatic rings. The summed E-state index contributed by atoms with van der Waals surface area (Å²) in [5.74, 6) is 2.73. The molecule has 5 heteroatoms. The average molecular weight is 308 g/mol. The van der Waals surface area contributed by atoms with Gasteiger partial charge in [-0.3, -0.25) is 0 Å². The number of anilines is 1. The second-order valence-corrected chi connectivity index (χ2v) is 4.64.